The molecule has 0 bridgehead atoms. The summed E-state index contributed by atoms with van der Waals surface area (Å²) in [5, 5.41) is 1.58. The van der Waals surface area contributed by atoms with Gasteiger partial charge in [-0.05, 0) is 30.2 Å². The molecule has 0 unspecified atom stereocenters. The molecule has 0 aliphatic heterocycles. The van der Waals surface area contributed by atoms with Crippen molar-refractivity contribution in [2.75, 3.05) is 0 Å². The van der Waals surface area contributed by atoms with Crippen molar-refractivity contribution < 1.29 is 0 Å². The van der Waals surface area contributed by atoms with Crippen molar-refractivity contribution >= 4 is 44.8 Å². The molecule has 0 aliphatic carbocycles. The first-order chi connectivity index (χ1) is 8.72. The summed E-state index contributed by atoms with van der Waals surface area (Å²) in [6.07, 6.45) is 0.978. The van der Waals surface area contributed by atoms with Gasteiger partial charge in [0.05, 0.1) is 10.0 Å². The van der Waals surface area contributed by atoms with Crippen LogP contribution in [-0.4, -0.2) is 0 Å². The molecule has 2 aromatic rings. The molecule has 0 nitrogen and oxygen atoms in total. The van der Waals surface area contributed by atoms with E-state index in [0.29, 0.717) is 0 Å². The number of benzene rings is 2. The van der Waals surface area contributed by atoms with Gasteiger partial charge < -0.3 is 0 Å². The highest BCUT2D eigenvalue weighted by Gasteiger charge is 2.08. The van der Waals surface area contributed by atoms with Crippen LogP contribution in [0.3, 0.4) is 0 Å². The molecule has 0 aromatic heterocycles. The molecule has 0 fully saturated rings. The molecular weight excluding hydrogens is 303 g/mol. The van der Waals surface area contributed by atoms with Crippen molar-refractivity contribution in [1.82, 2.24) is 0 Å². The van der Waals surface area contributed by atoms with Gasteiger partial charge in [-0.3, -0.25) is 0 Å². The first-order valence-electron chi connectivity index (χ1n) is 5.58. The summed E-state index contributed by atoms with van der Waals surface area (Å²) >= 11 is 12.4. The van der Waals surface area contributed by atoms with E-state index < -0.39 is 0 Å². The summed E-state index contributed by atoms with van der Waals surface area (Å²) in [6, 6.07) is 13.9. The Morgan fingerprint density at radius 2 is 1.61 bits per heavy atom. The Balaban J connectivity index is 2.18. The van der Waals surface area contributed by atoms with Crippen LogP contribution in [0.25, 0.3) is 0 Å². The molecule has 0 radical (unpaired) electrons. The van der Waals surface area contributed by atoms with Crippen LogP contribution < -0.4 is 0 Å². The minimum atomic E-state index is 0.778. The highest BCUT2D eigenvalue weighted by atomic mass is 35.5. The lowest BCUT2D eigenvalue weighted by atomic mass is 10.2. The smallest absolute Gasteiger partial charge is 0.0553 e. The molecule has 2 aromatic carbocycles. The van der Waals surface area contributed by atoms with Crippen molar-refractivity contribution in [3.05, 3.63) is 58.1 Å². The summed E-state index contributed by atoms with van der Waals surface area (Å²) in [5.74, 6) is 0. The average molecular weight is 315 g/mol. The van der Waals surface area contributed by atoms with E-state index in [2.05, 4.69) is 13.0 Å². The van der Waals surface area contributed by atoms with Gasteiger partial charge in [-0.25, -0.2) is 0 Å². The predicted octanol–water partition coefficient (Wildman–Crippen LogP) is 6.36. The van der Waals surface area contributed by atoms with Crippen molar-refractivity contribution in [3.8, 4) is 0 Å². The van der Waals surface area contributed by atoms with Gasteiger partial charge in [-0.1, -0.05) is 76.0 Å². The topological polar surface area (TPSA) is 0 Å². The van der Waals surface area contributed by atoms with Crippen LogP contribution in [0.15, 0.2) is 52.3 Å². The van der Waals surface area contributed by atoms with Crippen molar-refractivity contribution in [2.45, 2.75) is 23.1 Å². The lowest BCUT2D eigenvalue weighted by Crippen LogP contribution is -1.84. The third kappa shape index (κ3) is 3.39. The minimum Gasteiger partial charge on any atom is -0.0831 e. The number of rotatable bonds is 4. The zero-order valence-corrected chi connectivity index (χ0v) is 13.0. The Kier molecular flexibility index (Phi) is 5.31. The van der Waals surface area contributed by atoms with E-state index in [0.717, 1.165) is 26.3 Å². The Labute approximate surface area is 125 Å². The molecule has 0 saturated heterocycles. The van der Waals surface area contributed by atoms with Gasteiger partial charge in [0.2, 0.25) is 0 Å². The fraction of sp³-hybridized carbons (Fsp3) is 0.143. The highest BCUT2D eigenvalue weighted by molar-refractivity contribution is 8.76. The molecule has 0 spiro atoms. The zero-order valence-electron chi connectivity index (χ0n) is 9.82. The van der Waals surface area contributed by atoms with Crippen LogP contribution in [0.5, 0.6) is 0 Å². The van der Waals surface area contributed by atoms with Crippen LogP contribution in [0.2, 0.25) is 10.0 Å². The van der Waals surface area contributed by atoms with Crippen LogP contribution >= 0.6 is 44.8 Å². The van der Waals surface area contributed by atoms with Gasteiger partial charge >= 0.3 is 0 Å². The van der Waals surface area contributed by atoms with Gasteiger partial charge in [-0.2, -0.15) is 0 Å². The maximum Gasteiger partial charge on any atom is 0.0553 e. The van der Waals surface area contributed by atoms with Crippen molar-refractivity contribution in [1.29, 1.82) is 0 Å². The van der Waals surface area contributed by atoms with Gasteiger partial charge in [0, 0.05) is 9.79 Å². The number of hydrogen-bond acceptors (Lipinski definition) is 2. The van der Waals surface area contributed by atoms with Crippen LogP contribution in [-0.2, 0) is 6.42 Å². The number of hydrogen-bond donors (Lipinski definition) is 0. The maximum absolute atomic E-state index is 6.25. The predicted molar refractivity (Wildman–Crippen MR) is 84.0 cm³/mol. The largest absolute Gasteiger partial charge is 0.0831 e. The summed E-state index contributed by atoms with van der Waals surface area (Å²) in [4.78, 5) is 2.19. The summed E-state index contributed by atoms with van der Waals surface area (Å²) in [5.41, 5.74) is 1.27. The number of halogens is 2. The second-order valence-corrected chi connectivity index (χ2v) is 6.67. The molecule has 0 aliphatic rings. The summed E-state index contributed by atoms with van der Waals surface area (Å²) < 4.78 is 0. The molecule has 0 heterocycles. The highest BCUT2D eigenvalue weighted by Crippen LogP contribution is 2.44. The molecule has 0 N–H and O–H groups in total. The van der Waals surface area contributed by atoms with Gasteiger partial charge in [0.1, 0.15) is 0 Å². The molecule has 0 amide bonds. The standard InChI is InChI=1S/C14H12Cl2S2/c1-2-10-6-5-8-12(16)14(10)18-17-13-9-4-3-7-11(13)15/h3-9H,2H2,1H3. The van der Waals surface area contributed by atoms with E-state index in [-0.39, 0.29) is 0 Å². The second kappa shape index (κ2) is 6.76. The van der Waals surface area contributed by atoms with Gasteiger partial charge in [-0.15, -0.1) is 0 Å². The van der Waals surface area contributed by atoms with E-state index in [4.69, 9.17) is 23.2 Å². The van der Waals surface area contributed by atoms with E-state index in [1.807, 2.05) is 36.4 Å². The molecule has 0 atom stereocenters. The SMILES string of the molecule is CCc1cccc(Cl)c1SSc1ccccc1Cl. The first-order valence-corrected chi connectivity index (χ1v) is 8.49. The van der Waals surface area contributed by atoms with Crippen molar-refractivity contribution in [2.24, 2.45) is 0 Å². The van der Waals surface area contributed by atoms with Gasteiger partial charge in [0.15, 0.2) is 0 Å². The quantitative estimate of drug-likeness (QED) is 0.602. The van der Waals surface area contributed by atoms with E-state index >= 15 is 0 Å². The van der Waals surface area contributed by atoms with E-state index in [1.54, 1.807) is 21.6 Å². The number of aryl methyl sites for hydroxylation is 1. The van der Waals surface area contributed by atoms with Crippen LogP contribution in [0.1, 0.15) is 12.5 Å². The Morgan fingerprint density at radius 3 is 2.33 bits per heavy atom. The van der Waals surface area contributed by atoms with Crippen LogP contribution in [0, 0.1) is 0 Å². The molecular formula is C14H12Cl2S2. The van der Waals surface area contributed by atoms with E-state index in [1.165, 1.54) is 5.56 Å². The second-order valence-electron chi connectivity index (χ2n) is 3.68. The fourth-order valence-electron chi connectivity index (χ4n) is 1.52. The average Bonchev–Trinajstić information content (AvgIpc) is 2.39. The maximum atomic E-state index is 6.25. The van der Waals surface area contributed by atoms with Crippen LogP contribution in [0.4, 0.5) is 0 Å². The molecule has 94 valence electrons. The summed E-state index contributed by atoms with van der Waals surface area (Å²) in [7, 11) is 3.31. The third-order valence-corrected chi connectivity index (χ3v) is 5.91. The Bertz CT molecular complexity index is 541. The minimum absolute atomic E-state index is 0.778. The molecule has 18 heavy (non-hydrogen) atoms. The fourth-order valence-corrected chi connectivity index (χ4v) is 4.83. The Hall–Kier alpha value is -0.280. The lowest BCUT2D eigenvalue weighted by Gasteiger charge is -2.09. The zero-order chi connectivity index (χ0) is 13.0. The lowest BCUT2D eigenvalue weighted by molar-refractivity contribution is 1.08. The van der Waals surface area contributed by atoms with E-state index in [9.17, 15) is 0 Å². The van der Waals surface area contributed by atoms with Crippen molar-refractivity contribution in [3.63, 3.8) is 0 Å². The molecule has 0 saturated carbocycles. The Morgan fingerprint density at radius 1 is 0.889 bits per heavy atom. The molecule has 4 heteroatoms. The van der Waals surface area contributed by atoms with Gasteiger partial charge in [0.25, 0.3) is 0 Å². The first kappa shape index (κ1) is 14.1. The monoisotopic (exact) mass is 314 g/mol. The third-order valence-electron chi connectivity index (χ3n) is 2.48. The normalized spacial score (nSPS) is 10.6. The summed E-state index contributed by atoms with van der Waals surface area (Å²) in [6.45, 7) is 2.13. The molecule has 2 rings (SSSR count).